The Labute approximate surface area is 107 Å². The monoisotopic (exact) mass is 275 g/mol. The van der Waals surface area contributed by atoms with E-state index in [1.165, 1.54) is 11.8 Å². The minimum Gasteiger partial charge on any atom is -0.477 e. The lowest BCUT2D eigenvalue weighted by molar-refractivity contribution is -0.113. The van der Waals surface area contributed by atoms with Crippen LogP contribution in [0.5, 0.6) is 0 Å². The quantitative estimate of drug-likeness (QED) is 0.742. The number of thiophene rings is 1. The first-order valence-corrected chi connectivity index (χ1v) is 6.86. The predicted molar refractivity (Wildman–Crippen MR) is 69.1 cm³/mol. The molecule has 1 amide bonds. The molecule has 0 bridgehead atoms. The number of ether oxygens (including phenoxy) is 1. The van der Waals surface area contributed by atoms with E-state index in [0.717, 1.165) is 17.1 Å². The molecular weight excluding hydrogens is 262 g/mol. The average molecular weight is 275 g/mol. The molecule has 7 heteroatoms. The third-order valence-electron chi connectivity index (χ3n) is 1.80. The molecule has 0 saturated heterocycles. The van der Waals surface area contributed by atoms with Crippen LogP contribution >= 0.6 is 23.1 Å². The van der Waals surface area contributed by atoms with E-state index in [4.69, 9.17) is 9.84 Å². The standard InChI is InChI=1S/C10H13NO4S2/c1-15-3-5-16-6-8(12)11-7-2-4-17-9(7)10(13)14/h2,4H,3,5-6H2,1H3,(H,11,12)(H,13,14). The molecule has 94 valence electrons. The lowest BCUT2D eigenvalue weighted by atomic mass is 10.4. The van der Waals surface area contributed by atoms with Gasteiger partial charge in [0.1, 0.15) is 4.88 Å². The molecule has 1 aromatic heterocycles. The van der Waals surface area contributed by atoms with Crippen molar-refractivity contribution in [3.8, 4) is 0 Å². The van der Waals surface area contributed by atoms with Gasteiger partial charge in [-0.3, -0.25) is 4.79 Å². The first-order valence-electron chi connectivity index (χ1n) is 4.82. The second-order valence-electron chi connectivity index (χ2n) is 3.06. The summed E-state index contributed by atoms with van der Waals surface area (Å²) in [6.07, 6.45) is 0. The van der Waals surface area contributed by atoms with Crippen molar-refractivity contribution in [1.82, 2.24) is 0 Å². The van der Waals surface area contributed by atoms with E-state index in [2.05, 4.69) is 5.32 Å². The molecule has 0 aromatic carbocycles. The predicted octanol–water partition coefficient (Wildman–Crippen LogP) is 1.76. The molecule has 0 unspecified atom stereocenters. The molecule has 1 heterocycles. The number of hydrogen-bond donors (Lipinski definition) is 2. The molecule has 0 spiro atoms. The van der Waals surface area contributed by atoms with Crippen LogP contribution in [0.25, 0.3) is 0 Å². The largest absolute Gasteiger partial charge is 0.477 e. The van der Waals surface area contributed by atoms with Crippen molar-refractivity contribution in [1.29, 1.82) is 0 Å². The smallest absolute Gasteiger partial charge is 0.348 e. The number of rotatable bonds is 7. The summed E-state index contributed by atoms with van der Waals surface area (Å²) < 4.78 is 4.85. The minimum atomic E-state index is -1.03. The molecule has 1 aromatic rings. The number of anilines is 1. The lowest BCUT2D eigenvalue weighted by Crippen LogP contribution is -2.16. The van der Waals surface area contributed by atoms with Crippen molar-refractivity contribution in [2.75, 3.05) is 30.5 Å². The molecule has 5 nitrogen and oxygen atoms in total. The number of carbonyl (C=O) groups excluding carboxylic acids is 1. The molecule has 0 aliphatic carbocycles. The third kappa shape index (κ3) is 4.76. The van der Waals surface area contributed by atoms with Gasteiger partial charge < -0.3 is 15.2 Å². The highest BCUT2D eigenvalue weighted by Gasteiger charge is 2.13. The topological polar surface area (TPSA) is 75.6 Å². The number of thioether (sulfide) groups is 1. The van der Waals surface area contributed by atoms with Crippen LogP contribution in [0.15, 0.2) is 11.4 Å². The molecule has 0 fully saturated rings. The van der Waals surface area contributed by atoms with Gasteiger partial charge in [-0.1, -0.05) is 0 Å². The highest BCUT2D eigenvalue weighted by atomic mass is 32.2. The van der Waals surface area contributed by atoms with Gasteiger partial charge in [0.15, 0.2) is 0 Å². The Bertz CT molecular complexity index is 391. The molecule has 17 heavy (non-hydrogen) atoms. The van der Waals surface area contributed by atoms with Gasteiger partial charge in [0.25, 0.3) is 0 Å². The number of carbonyl (C=O) groups is 2. The number of methoxy groups -OCH3 is 1. The average Bonchev–Trinajstić information content (AvgIpc) is 2.72. The summed E-state index contributed by atoms with van der Waals surface area (Å²) in [5, 5.41) is 13.1. The maximum Gasteiger partial charge on any atom is 0.348 e. The molecule has 1 rings (SSSR count). The SMILES string of the molecule is COCCSCC(=O)Nc1ccsc1C(=O)O. The Hall–Kier alpha value is -1.05. The van der Waals surface area contributed by atoms with Gasteiger partial charge in [-0.2, -0.15) is 0 Å². The fraction of sp³-hybridized carbons (Fsp3) is 0.400. The first-order chi connectivity index (χ1) is 8.15. The van der Waals surface area contributed by atoms with Crippen molar-refractivity contribution >= 4 is 40.7 Å². The molecule has 0 atom stereocenters. The zero-order valence-electron chi connectivity index (χ0n) is 9.26. The van der Waals surface area contributed by atoms with Gasteiger partial charge in [-0.05, 0) is 11.4 Å². The van der Waals surface area contributed by atoms with E-state index in [-0.39, 0.29) is 16.5 Å². The molecular formula is C10H13NO4S2. The Kier molecular flexibility index (Phi) is 6.03. The summed E-state index contributed by atoms with van der Waals surface area (Å²) >= 11 is 2.53. The van der Waals surface area contributed by atoms with Gasteiger partial charge in [-0.25, -0.2) is 4.79 Å². The number of amides is 1. The van der Waals surface area contributed by atoms with E-state index < -0.39 is 5.97 Å². The highest BCUT2D eigenvalue weighted by molar-refractivity contribution is 7.99. The second kappa shape index (κ2) is 7.31. The van der Waals surface area contributed by atoms with Crippen molar-refractivity contribution < 1.29 is 19.4 Å². The first kappa shape index (κ1) is 14.0. The summed E-state index contributed by atoms with van der Waals surface area (Å²) in [7, 11) is 1.60. The number of carboxylic acid groups (broad SMARTS) is 1. The van der Waals surface area contributed by atoms with E-state index in [1.54, 1.807) is 18.6 Å². The molecule has 0 radical (unpaired) electrons. The number of hydrogen-bond acceptors (Lipinski definition) is 5. The Morgan fingerprint density at radius 2 is 2.35 bits per heavy atom. The van der Waals surface area contributed by atoms with Crippen LogP contribution in [0.2, 0.25) is 0 Å². The summed E-state index contributed by atoms with van der Waals surface area (Å²) in [5.41, 5.74) is 0.361. The van der Waals surface area contributed by atoms with Crippen LogP contribution < -0.4 is 5.32 Å². The minimum absolute atomic E-state index is 0.153. The molecule has 0 aliphatic heterocycles. The fourth-order valence-corrected chi connectivity index (χ4v) is 2.44. The van der Waals surface area contributed by atoms with Crippen molar-refractivity contribution in [3.05, 3.63) is 16.3 Å². The van der Waals surface area contributed by atoms with Gasteiger partial charge >= 0.3 is 5.97 Å². The van der Waals surface area contributed by atoms with Crippen molar-refractivity contribution in [2.45, 2.75) is 0 Å². The van der Waals surface area contributed by atoms with Crippen molar-refractivity contribution in [2.24, 2.45) is 0 Å². The van der Waals surface area contributed by atoms with Gasteiger partial charge in [-0.15, -0.1) is 23.1 Å². The second-order valence-corrected chi connectivity index (χ2v) is 5.08. The van der Waals surface area contributed by atoms with Gasteiger partial charge in [0, 0.05) is 12.9 Å². The van der Waals surface area contributed by atoms with Crippen LogP contribution in [0.4, 0.5) is 5.69 Å². The van der Waals surface area contributed by atoms with Gasteiger partial charge in [0.05, 0.1) is 18.0 Å². The number of aromatic carboxylic acids is 1. The highest BCUT2D eigenvalue weighted by Crippen LogP contribution is 2.22. The molecule has 0 saturated carbocycles. The summed E-state index contributed by atoms with van der Waals surface area (Å²) in [5.74, 6) is -0.202. The van der Waals surface area contributed by atoms with E-state index in [0.29, 0.717) is 12.3 Å². The van der Waals surface area contributed by atoms with E-state index in [9.17, 15) is 9.59 Å². The van der Waals surface area contributed by atoms with Crippen LogP contribution in [-0.4, -0.2) is 42.2 Å². The molecule has 0 aliphatic rings. The Morgan fingerprint density at radius 3 is 3.00 bits per heavy atom. The van der Waals surface area contributed by atoms with E-state index in [1.807, 2.05) is 0 Å². The van der Waals surface area contributed by atoms with E-state index >= 15 is 0 Å². The zero-order chi connectivity index (χ0) is 12.7. The summed E-state index contributed by atoms with van der Waals surface area (Å²) in [6.45, 7) is 0.594. The Morgan fingerprint density at radius 1 is 1.59 bits per heavy atom. The lowest BCUT2D eigenvalue weighted by Gasteiger charge is -2.04. The van der Waals surface area contributed by atoms with Crippen molar-refractivity contribution in [3.63, 3.8) is 0 Å². The molecule has 2 N–H and O–H groups in total. The number of carboxylic acids is 1. The maximum absolute atomic E-state index is 11.5. The van der Waals surface area contributed by atoms with Crippen LogP contribution in [0, 0.1) is 0 Å². The maximum atomic E-state index is 11.5. The van der Waals surface area contributed by atoms with Crippen LogP contribution in [0.3, 0.4) is 0 Å². The fourth-order valence-electron chi connectivity index (χ4n) is 1.07. The van der Waals surface area contributed by atoms with Gasteiger partial charge in [0.2, 0.25) is 5.91 Å². The normalized spacial score (nSPS) is 10.2. The Balaban J connectivity index is 2.40. The summed E-state index contributed by atoms with van der Waals surface area (Å²) in [6, 6.07) is 1.59. The zero-order valence-corrected chi connectivity index (χ0v) is 10.9. The third-order valence-corrected chi connectivity index (χ3v) is 3.62. The van der Waals surface area contributed by atoms with Crippen LogP contribution in [-0.2, 0) is 9.53 Å². The van der Waals surface area contributed by atoms with Crippen LogP contribution in [0.1, 0.15) is 9.67 Å². The summed E-state index contributed by atoms with van der Waals surface area (Å²) in [4.78, 5) is 22.4. The number of nitrogens with one attached hydrogen (secondary N) is 1.